The van der Waals surface area contributed by atoms with Crippen LogP contribution < -0.4 is 0 Å². The number of halogens is 1. The van der Waals surface area contributed by atoms with Crippen LogP contribution in [0, 0.1) is 3.57 Å². The molecule has 2 nitrogen and oxygen atoms in total. The lowest BCUT2D eigenvalue weighted by atomic mass is 10.2. The molecule has 0 bridgehead atoms. The van der Waals surface area contributed by atoms with Crippen LogP contribution in [0.15, 0.2) is 23.1 Å². The summed E-state index contributed by atoms with van der Waals surface area (Å²) >= 11 is 3.75. The van der Waals surface area contributed by atoms with Crippen LogP contribution in [0.25, 0.3) is 0 Å². The molecule has 0 unspecified atom stereocenters. The molecule has 0 spiro atoms. The second-order valence-corrected chi connectivity index (χ2v) is 4.61. The highest BCUT2D eigenvalue weighted by molar-refractivity contribution is 14.1. The number of ether oxygens (including phenoxy) is 1. The summed E-state index contributed by atoms with van der Waals surface area (Å²) in [5, 5.41) is 0. The molecule has 4 heteroatoms. The summed E-state index contributed by atoms with van der Waals surface area (Å²) in [6.45, 7) is 2.22. The van der Waals surface area contributed by atoms with Crippen molar-refractivity contribution in [3.8, 4) is 0 Å². The molecule has 0 saturated carbocycles. The average molecular weight is 322 g/mol. The highest BCUT2D eigenvalue weighted by Crippen LogP contribution is 2.21. The second-order valence-electron chi connectivity index (χ2n) is 2.57. The lowest BCUT2D eigenvalue weighted by Gasteiger charge is -2.05. The summed E-state index contributed by atoms with van der Waals surface area (Å²) in [6.07, 6.45) is 1.98. The molecule has 0 fully saturated rings. The third-order valence-corrected chi connectivity index (χ3v) is 3.33. The van der Waals surface area contributed by atoms with Gasteiger partial charge in [-0.05, 0) is 54.0 Å². The van der Waals surface area contributed by atoms with Crippen LogP contribution in [0.3, 0.4) is 0 Å². The lowest BCUT2D eigenvalue weighted by Crippen LogP contribution is -2.06. The van der Waals surface area contributed by atoms with Crippen LogP contribution in [0.5, 0.6) is 0 Å². The highest BCUT2D eigenvalue weighted by Gasteiger charge is 2.11. The van der Waals surface area contributed by atoms with Gasteiger partial charge in [0.05, 0.1) is 12.2 Å². The van der Waals surface area contributed by atoms with E-state index in [1.165, 1.54) is 0 Å². The topological polar surface area (TPSA) is 26.3 Å². The number of rotatable bonds is 3. The highest BCUT2D eigenvalue weighted by atomic mass is 127. The van der Waals surface area contributed by atoms with Gasteiger partial charge in [-0.3, -0.25) is 0 Å². The van der Waals surface area contributed by atoms with Crippen molar-refractivity contribution in [1.29, 1.82) is 0 Å². The van der Waals surface area contributed by atoms with Crippen LogP contribution in [-0.2, 0) is 4.74 Å². The molecule has 0 N–H and O–H groups in total. The fraction of sp³-hybridized carbons (Fsp3) is 0.300. The van der Waals surface area contributed by atoms with Crippen molar-refractivity contribution in [2.45, 2.75) is 11.8 Å². The van der Waals surface area contributed by atoms with E-state index < -0.39 is 0 Å². The van der Waals surface area contributed by atoms with E-state index in [1.54, 1.807) is 11.8 Å². The molecule has 76 valence electrons. The molecule has 0 radical (unpaired) electrons. The summed E-state index contributed by atoms with van der Waals surface area (Å²) in [5.74, 6) is -0.243. The minimum atomic E-state index is -0.243. The minimum Gasteiger partial charge on any atom is -0.462 e. The zero-order valence-electron chi connectivity index (χ0n) is 8.04. The van der Waals surface area contributed by atoms with E-state index in [4.69, 9.17) is 4.74 Å². The smallest absolute Gasteiger partial charge is 0.339 e. The van der Waals surface area contributed by atoms with Crippen LogP contribution in [0.2, 0.25) is 0 Å². The molecule has 1 aromatic carbocycles. The number of benzene rings is 1. The molecule has 14 heavy (non-hydrogen) atoms. The quantitative estimate of drug-likeness (QED) is 0.486. The Balaban J connectivity index is 2.99. The predicted octanol–water partition coefficient (Wildman–Crippen LogP) is 3.19. The zero-order chi connectivity index (χ0) is 10.6. The summed E-state index contributed by atoms with van der Waals surface area (Å²) in [5.41, 5.74) is 0.652. The molecule has 0 aliphatic carbocycles. The van der Waals surface area contributed by atoms with Gasteiger partial charge >= 0.3 is 5.97 Å². The predicted molar refractivity (Wildman–Crippen MR) is 66.9 cm³/mol. The molecule has 1 aromatic rings. The molecule has 1 rings (SSSR count). The first-order chi connectivity index (χ1) is 6.69. The summed E-state index contributed by atoms with van der Waals surface area (Å²) in [6, 6.07) is 5.79. The Morgan fingerprint density at radius 2 is 2.29 bits per heavy atom. The summed E-state index contributed by atoms with van der Waals surface area (Å²) in [4.78, 5) is 12.6. The van der Waals surface area contributed by atoms with E-state index >= 15 is 0 Å². The zero-order valence-corrected chi connectivity index (χ0v) is 11.0. The Morgan fingerprint density at radius 1 is 1.57 bits per heavy atom. The van der Waals surface area contributed by atoms with E-state index in [2.05, 4.69) is 22.6 Å². The standard InChI is InChI=1S/C10H11IO2S/c1-3-13-10(12)8-6-7(14-2)4-5-9(8)11/h4-6H,3H2,1-2H3. The molecular formula is C10H11IO2S. The second kappa shape index (κ2) is 5.60. The number of hydrogen-bond donors (Lipinski definition) is 0. The monoisotopic (exact) mass is 322 g/mol. The van der Waals surface area contributed by atoms with Crippen molar-refractivity contribution in [2.24, 2.45) is 0 Å². The van der Waals surface area contributed by atoms with Crippen molar-refractivity contribution >= 4 is 40.3 Å². The third kappa shape index (κ3) is 2.88. The van der Waals surface area contributed by atoms with Crippen LogP contribution in [0.1, 0.15) is 17.3 Å². The van der Waals surface area contributed by atoms with E-state index in [1.807, 2.05) is 31.4 Å². The number of hydrogen-bond acceptors (Lipinski definition) is 3. The maximum Gasteiger partial charge on any atom is 0.339 e. The number of carbonyl (C=O) groups is 1. The Kier molecular flexibility index (Phi) is 4.74. The van der Waals surface area contributed by atoms with Crippen LogP contribution >= 0.6 is 34.4 Å². The van der Waals surface area contributed by atoms with Crippen LogP contribution in [-0.4, -0.2) is 18.8 Å². The largest absolute Gasteiger partial charge is 0.462 e. The Bertz CT molecular complexity index is 339. The van der Waals surface area contributed by atoms with Crippen molar-refractivity contribution in [3.05, 3.63) is 27.3 Å². The maximum atomic E-state index is 11.5. The fourth-order valence-electron chi connectivity index (χ4n) is 0.997. The average Bonchev–Trinajstić information content (AvgIpc) is 2.19. The van der Waals surface area contributed by atoms with E-state index in [0.717, 1.165) is 8.47 Å². The van der Waals surface area contributed by atoms with E-state index in [9.17, 15) is 4.79 Å². The molecule has 0 heterocycles. The molecule has 0 atom stereocenters. The van der Waals surface area contributed by atoms with Gasteiger partial charge in [0.1, 0.15) is 0 Å². The van der Waals surface area contributed by atoms with Crippen molar-refractivity contribution in [2.75, 3.05) is 12.9 Å². The molecule has 0 aromatic heterocycles. The van der Waals surface area contributed by atoms with Gasteiger partial charge in [0.2, 0.25) is 0 Å². The minimum absolute atomic E-state index is 0.243. The number of esters is 1. The maximum absolute atomic E-state index is 11.5. The van der Waals surface area contributed by atoms with Crippen LogP contribution in [0.4, 0.5) is 0 Å². The Hall–Kier alpha value is -0.230. The lowest BCUT2D eigenvalue weighted by molar-refractivity contribution is 0.0525. The molecule has 0 aliphatic rings. The van der Waals surface area contributed by atoms with Gasteiger partial charge in [-0.2, -0.15) is 0 Å². The van der Waals surface area contributed by atoms with Gasteiger partial charge in [-0.15, -0.1) is 11.8 Å². The van der Waals surface area contributed by atoms with Gasteiger partial charge in [0.15, 0.2) is 0 Å². The Labute approximate surface area is 102 Å². The van der Waals surface area contributed by atoms with E-state index in [-0.39, 0.29) is 5.97 Å². The van der Waals surface area contributed by atoms with E-state index in [0.29, 0.717) is 12.2 Å². The van der Waals surface area contributed by atoms with Crippen molar-refractivity contribution in [1.82, 2.24) is 0 Å². The first kappa shape index (κ1) is 11.8. The van der Waals surface area contributed by atoms with Gasteiger partial charge in [-0.25, -0.2) is 4.79 Å². The number of carbonyl (C=O) groups excluding carboxylic acids is 1. The van der Waals surface area contributed by atoms with Gasteiger partial charge in [0, 0.05) is 8.47 Å². The third-order valence-electron chi connectivity index (χ3n) is 1.67. The summed E-state index contributed by atoms with van der Waals surface area (Å²) < 4.78 is 5.88. The first-order valence-corrected chi connectivity index (χ1v) is 6.50. The molecular weight excluding hydrogens is 311 g/mol. The molecule has 0 amide bonds. The van der Waals surface area contributed by atoms with Crippen molar-refractivity contribution < 1.29 is 9.53 Å². The molecule has 0 saturated heterocycles. The van der Waals surface area contributed by atoms with Gasteiger partial charge in [-0.1, -0.05) is 0 Å². The van der Waals surface area contributed by atoms with Gasteiger partial charge < -0.3 is 4.74 Å². The Morgan fingerprint density at radius 3 is 2.86 bits per heavy atom. The molecule has 0 aliphatic heterocycles. The number of thioether (sulfide) groups is 1. The SMILES string of the molecule is CCOC(=O)c1cc(SC)ccc1I. The first-order valence-electron chi connectivity index (χ1n) is 4.19. The van der Waals surface area contributed by atoms with Gasteiger partial charge in [0.25, 0.3) is 0 Å². The van der Waals surface area contributed by atoms with Crippen molar-refractivity contribution in [3.63, 3.8) is 0 Å². The summed E-state index contributed by atoms with van der Waals surface area (Å²) in [7, 11) is 0. The normalized spacial score (nSPS) is 9.93. The fourth-order valence-corrected chi connectivity index (χ4v) is 1.99.